The van der Waals surface area contributed by atoms with Crippen molar-refractivity contribution in [2.45, 2.75) is 45.8 Å². The van der Waals surface area contributed by atoms with E-state index in [1.807, 2.05) is 0 Å². The predicted octanol–water partition coefficient (Wildman–Crippen LogP) is 2.77. The summed E-state index contributed by atoms with van der Waals surface area (Å²) in [5.74, 6) is 1.63. The van der Waals surface area contributed by atoms with Gasteiger partial charge < -0.3 is 10.5 Å². The molecule has 3 nitrogen and oxygen atoms in total. The maximum atomic E-state index is 5.71. The van der Waals surface area contributed by atoms with Crippen LogP contribution in [0.5, 0.6) is 5.75 Å². The number of hydrogen-bond acceptors (Lipinski definition) is 3. The van der Waals surface area contributed by atoms with Gasteiger partial charge in [-0.2, -0.15) is 0 Å². The van der Waals surface area contributed by atoms with Gasteiger partial charge in [-0.05, 0) is 30.4 Å². The summed E-state index contributed by atoms with van der Waals surface area (Å²) < 4.78 is 5.42. The average Bonchev–Trinajstić information content (AvgIpc) is 3.21. The van der Waals surface area contributed by atoms with Crippen molar-refractivity contribution in [3.63, 3.8) is 0 Å². The summed E-state index contributed by atoms with van der Waals surface area (Å²) in [6.45, 7) is 7.29. The van der Waals surface area contributed by atoms with Gasteiger partial charge in [-0.25, -0.2) is 0 Å². The highest BCUT2D eigenvalue weighted by molar-refractivity contribution is 5.37. The normalized spacial score (nSPS) is 15.3. The number of ether oxygens (including phenoxy) is 1. The molecule has 0 spiro atoms. The first kappa shape index (κ1) is 14.4. The number of hydrogen-bond donors (Lipinski definition) is 1. The third kappa shape index (κ3) is 3.95. The van der Waals surface area contributed by atoms with Crippen LogP contribution in [0.1, 0.15) is 37.8 Å². The summed E-state index contributed by atoms with van der Waals surface area (Å²) >= 11 is 0. The molecule has 1 aliphatic rings. The summed E-state index contributed by atoms with van der Waals surface area (Å²) in [5, 5.41) is 0. The highest BCUT2D eigenvalue weighted by Gasteiger charge is 2.29. The Labute approximate surface area is 116 Å². The van der Waals surface area contributed by atoms with E-state index in [4.69, 9.17) is 10.5 Å². The molecule has 1 fully saturated rings. The van der Waals surface area contributed by atoms with E-state index in [0.717, 1.165) is 23.9 Å². The summed E-state index contributed by atoms with van der Waals surface area (Å²) in [6, 6.07) is 7.20. The highest BCUT2D eigenvalue weighted by Crippen LogP contribution is 2.30. The van der Waals surface area contributed by atoms with Crippen molar-refractivity contribution < 1.29 is 4.74 Å². The first-order chi connectivity index (χ1) is 9.13. The Kier molecular flexibility index (Phi) is 4.83. The highest BCUT2D eigenvalue weighted by atomic mass is 16.5. The molecule has 0 aliphatic heterocycles. The first-order valence-electron chi connectivity index (χ1n) is 7.24. The van der Waals surface area contributed by atoms with E-state index in [9.17, 15) is 0 Å². The van der Waals surface area contributed by atoms with Crippen molar-refractivity contribution in [1.82, 2.24) is 4.90 Å². The molecule has 0 amide bonds. The van der Waals surface area contributed by atoms with Gasteiger partial charge in [0, 0.05) is 31.2 Å². The number of nitrogens with two attached hydrogens (primary N) is 1. The fourth-order valence-electron chi connectivity index (χ4n) is 2.54. The lowest BCUT2D eigenvalue weighted by Crippen LogP contribution is -2.29. The van der Waals surface area contributed by atoms with Gasteiger partial charge in [0.25, 0.3) is 0 Å². The Bertz CT molecular complexity index is 413. The largest absolute Gasteiger partial charge is 0.496 e. The molecule has 1 aromatic carbocycles. The van der Waals surface area contributed by atoms with Gasteiger partial charge in [-0.3, -0.25) is 4.90 Å². The van der Waals surface area contributed by atoms with Crippen LogP contribution in [0.3, 0.4) is 0 Å². The molecular formula is C16H26N2O. The lowest BCUT2D eigenvalue weighted by Gasteiger charge is -2.24. The van der Waals surface area contributed by atoms with Crippen LogP contribution in [0, 0.1) is 5.92 Å². The van der Waals surface area contributed by atoms with E-state index < -0.39 is 0 Å². The molecule has 0 atom stereocenters. The van der Waals surface area contributed by atoms with E-state index >= 15 is 0 Å². The van der Waals surface area contributed by atoms with Gasteiger partial charge in [0.15, 0.2) is 0 Å². The fraction of sp³-hybridized carbons (Fsp3) is 0.625. The zero-order valence-electron chi connectivity index (χ0n) is 12.4. The third-order valence-corrected chi connectivity index (χ3v) is 3.62. The summed E-state index contributed by atoms with van der Waals surface area (Å²) in [7, 11) is 1.71. The predicted molar refractivity (Wildman–Crippen MR) is 79.2 cm³/mol. The lowest BCUT2D eigenvalue weighted by molar-refractivity contribution is 0.226. The smallest absolute Gasteiger partial charge is 0.123 e. The van der Waals surface area contributed by atoms with E-state index in [-0.39, 0.29) is 0 Å². The zero-order chi connectivity index (χ0) is 13.8. The van der Waals surface area contributed by atoms with Crippen LogP contribution in [-0.2, 0) is 13.1 Å². The molecule has 0 aromatic heterocycles. The molecular weight excluding hydrogens is 236 g/mol. The molecule has 0 heterocycles. The standard InChI is InChI=1S/C16H26N2O/c1-12(2)10-18(15-6-7-15)11-13-4-5-14(9-17)16(8-13)19-3/h4-5,8,12,15H,6-7,9-11,17H2,1-3H3. The van der Waals surface area contributed by atoms with Crippen molar-refractivity contribution in [1.29, 1.82) is 0 Å². The van der Waals surface area contributed by atoms with Crippen LogP contribution >= 0.6 is 0 Å². The Morgan fingerprint density at radius 1 is 1.37 bits per heavy atom. The molecule has 19 heavy (non-hydrogen) atoms. The van der Waals surface area contributed by atoms with Gasteiger partial charge >= 0.3 is 0 Å². The van der Waals surface area contributed by atoms with Crippen LogP contribution in [0.4, 0.5) is 0 Å². The Morgan fingerprint density at radius 2 is 2.11 bits per heavy atom. The molecule has 1 saturated carbocycles. The second kappa shape index (κ2) is 6.40. The monoisotopic (exact) mass is 262 g/mol. The molecule has 2 N–H and O–H groups in total. The molecule has 3 heteroatoms. The van der Waals surface area contributed by atoms with Crippen molar-refractivity contribution in [2.24, 2.45) is 11.7 Å². The Balaban J connectivity index is 2.08. The lowest BCUT2D eigenvalue weighted by atomic mass is 10.1. The minimum atomic E-state index is 0.530. The van der Waals surface area contributed by atoms with Crippen LogP contribution in [-0.4, -0.2) is 24.6 Å². The van der Waals surface area contributed by atoms with Crippen LogP contribution in [0.15, 0.2) is 18.2 Å². The minimum absolute atomic E-state index is 0.530. The molecule has 2 rings (SSSR count). The first-order valence-corrected chi connectivity index (χ1v) is 7.24. The van der Waals surface area contributed by atoms with Gasteiger partial charge in [-0.15, -0.1) is 0 Å². The quantitative estimate of drug-likeness (QED) is 0.821. The van der Waals surface area contributed by atoms with Crippen molar-refractivity contribution in [3.8, 4) is 5.75 Å². The van der Waals surface area contributed by atoms with Crippen LogP contribution in [0.25, 0.3) is 0 Å². The number of rotatable bonds is 7. The van der Waals surface area contributed by atoms with Gasteiger partial charge in [0.05, 0.1) is 7.11 Å². The van der Waals surface area contributed by atoms with E-state index in [1.165, 1.54) is 24.9 Å². The van der Waals surface area contributed by atoms with E-state index in [1.54, 1.807) is 7.11 Å². The third-order valence-electron chi connectivity index (χ3n) is 3.62. The maximum absolute atomic E-state index is 5.71. The van der Waals surface area contributed by atoms with Gasteiger partial charge in [0.2, 0.25) is 0 Å². The van der Waals surface area contributed by atoms with Crippen LogP contribution in [0.2, 0.25) is 0 Å². The van der Waals surface area contributed by atoms with Crippen LogP contribution < -0.4 is 10.5 Å². The molecule has 106 valence electrons. The Hall–Kier alpha value is -1.06. The van der Waals surface area contributed by atoms with E-state index in [2.05, 4.69) is 36.9 Å². The topological polar surface area (TPSA) is 38.5 Å². The molecule has 0 bridgehead atoms. The van der Waals surface area contributed by atoms with Crippen molar-refractivity contribution in [3.05, 3.63) is 29.3 Å². The zero-order valence-corrected chi connectivity index (χ0v) is 12.4. The molecule has 0 radical (unpaired) electrons. The van der Waals surface area contributed by atoms with Crippen molar-refractivity contribution in [2.75, 3.05) is 13.7 Å². The Morgan fingerprint density at radius 3 is 2.63 bits per heavy atom. The molecule has 1 aliphatic carbocycles. The molecule has 0 saturated heterocycles. The van der Waals surface area contributed by atoms with Gasteiger partial charge in [0.1, 0.15) is 5.75 Å². The molecule has 1 aromatic rings. The summed E-state index contributed by atoms with van der Waals surface area (Å²) in [6.07, 6.45) is 2.70. The maximum Gasteiger partial charge on any atom is 0.123 e. The minimum Gasteiger partial charge on any atom is -0.496 e. The number of methoxy groups -OCH3 is 1. The number of nitrogens with zero attached hydrogens (tertiary/aromatic N) is 1. The second-order valence-corrected chi connectivity index (χ2v) is 5.90. The average molecular weight is 262 g/mol. The second-order valence-electron chi connectivity index (χ2n) is 5.90. The number of benzene rings is 1. The van der Waals surface area contributed by atoms with Gasteiger partial charge in [-0.1, -0.05) is 26.0 Å². The molecule has 0 unspecified atom stereocenters. The SMILES string of the molecule is COc1cc(CN(CC(C)C)C2CC2)ccc1CN. The van der Waals surface area contributed by atoms with Crippen molar-refractivity contribution >= 4 is 0 Å². The summed E-state index contributed by atoms with van der Waals surface area (Å²) in [5.41, 5.74) is 8.11. The van der Waals surface area contributed by atoms with E-state index in [0.29, 0.717) is 12.5 Å². The fourth-order valence-corrected chi connectivity index (χ4v) is 2.54. The summed E-state index contributed by atoms with van der Waals surface area (Å²) in [4.78, 5) is 2.60.